The zero-order valence-electron chi connectivity index (χ0n) is 18.3. The number of nitrogens with zero attached hydrogens (tertiary/aromatic N) is 3. The van der Waals surface area contributed by atoms with Gasteiger partial charge in [0.15, 0.2) is 5.76 Å². The average Bonchev–Trinajstić information content (AvgIpc) is 3.37. The van der Waals surface area contributed by atoms with Crippen molar-refractivity contribution in [2.45, 2.75) is 26.3 Å². The lowest BCUT2D eigenvalue weighted by Crippen LogP contribution is -2.32. The predicted molar refractivity (Wildman–Crippen MR) is 126 cm³/mol. The third-order valence-corrected chi connectivity index (χ3v) is 5.96. The van der Waals surface area contributed by atoms with Gasteiger partial charge in [0.05, 0.1) is 29.8 Å². The van der Waals surface area contributed by atoms with Crippen LogP contribution >= 0.6 is 11.6 Å². The number of hydrogen-bond donors (Lipinski definition) is 0. The van der Waals surface area contributed by atoms with E-state index in [2.05, 4.69) is 0 Å². The molecule has 1 amide bonds. The van der Waals surface area contributed by atoms with Gasteiger partial charge >= 0.3 is 0 Å². The average molecular weight is 462 g/mol. The molecule has 0 radical (unpaired) electrons. The standard InChI is InChI=1S/C26H24ClN3O3/c1-18-23(17-29(16-19-9-10-19)25(31)24-8-5-15-32-24)26(33-22-13-11-20(27)12-14-22)30(28-18)21-6-3-2-4-7-21/h2-8,11-15,19H,9-10,16-17H2,1H3. The van der Waals surface area contributed by atoms with Crippen LogP contribution in [0.15, 0.2) is 77.4 Å². The molecule has 5 rings (SSSR count). The van der Waals surface area contributed by atoms with Crippen molar-refractivity contribution in [3.05, 3.63) is 95.0 Å². The van der Waals surface area contributed by atoms with Gasteiger partial charge in [-0.15, -0.1) is 0 Å². The van der Waals surface area contributed by atoms with Crippen LogP contribution in [0, 0.1) is 12.8 Å². The molecule has 0 unspecified atom stereocenters. The van der Waals surface area contributed by atoms with E-state index in [1.54, 1.807) is 28.9 Å². The molecule has 0 bridgehead atoms. The lowest BCUT2D eigenvalue weighted by atomic mass is 10.2. The van der Waals surface area contributed by atoms with E-state index in [0.717, 1.165) is 29.8 Å². The Labute approximate surface area is 197 Å². The Morgan fingerprint density at radius 1 is 1.12 bits per heavy atom. The van der Waals surface area contributed by atoms with Crippen LogP contribution in [-0.2, 0) is 6.54 Å². The van der Waals surface area contributed by atoms with Crippen molar-refractivity contribution < 1.29 is 13.9 Å². The number of amides is 1. The fraction of sp³-hybridized carbons (Fsp3) is 0.231. The maximum Gasteiger partial charge on any atom is 0.289 e. The van der Waals surface area contributed by atoms with E-state index in [-0.39, 0.29) is 5.91 Å². The Morgan fingerprint density at radius 2 is 1.88 bits per heavy atom. The van der Waals surface area contributed by atoms with E-state index in [1.165, 1.54) is 6.26 Å². The van der Waals surface area contributed by atoms with Gasteiger partial charge in [-0.05, 0) is 74.2 Å². The number of ether oxygens (including phenoxy) is 1. The maximum atomic E-state index is 13.2. The number of carbonyl (C=O) groups excluding carboxylic acids is 1. The third-order valence-electron chi connectivity index (χ3n) is 5.71. The Bertz CT molecular complexity index is 1230. The zero-order valence-corrected chi connectivity index (χ0v) is 19.0. The topological polar surface area (TPSA) is 60.5 Å². The van der Waals surface area contributed by atoms with E-state index in [4.69, 9.17) is 25.9 Å². The first-order valence-electron chi connectivity index (χ1n) is 11.0. The van der Waals surface area contributed by atoms with Crippen molar-refractivity contribution >= 4 is 17.5 Å². The minimum absolute atomic E-state index is 0.129. The molecule has 0 atom stereocenters. The maximum absolute atomic E-state index is 13.2. The molecule has 1 fully saturated rings. The number of aromatic nitrogens is 2. The SMILES string of the molecule is Cc1nn(-c2ccccc2)c(Oc2ccc(Cl)cc2)c1CN(CC1CC1)C(=O)c1ccco1. The van der Waals surface area contributed by atoms with E-state index in [1.807, 2.05) is 54.3 Å². The second-order valence-electron chi connectivity index (χ2n) is 8.28. The molecule has 0 aliphatic heterocycles. The molecule has 1 aliphatic rings. The van der Waals surface area contributed by atoms with Gasteiger partial charge in [-0.1, -0.05) is 29.8 Å². The minimum Gasteiger partial charge on any atom is -0.459 e. The van der Waals surface area contributed by atoms with E-state index >= 15 is 0 Å². The van der Waals surface area contributed by atoms with E-state index in [9.17, 15) is 4.79 Å². The Hall–Kier alpha value is -3.51. The molecule has 4 aromatic rings. The lowest BCUT2D eigenvalue weighted by Gasteiger charge is -2.22. The van der Waals surface area contributed by atoms with Crippen molar-refractivity contribution in [3.8, 4) is 17.3 Å². The van der Waals surface area contributed by atoms with Crippen LogP contribution in [0.2, 0.25) is 5.02 Å². The van der Waals surface area contributed by atoms with E-state index in [0.29, 0.717) is 41.4 Å². The van der Waals surface area contributed by atoms with Crippen molar-refractivity contribution in [2.24, 2.45) is 5.92 Å². The van der Waals surface area contributed by atoms with Gasteiger partial charge in [-0.3, -0.25) is 4.79 Å². The first-order valence-corrected chi connectivity index (χ1v) is 11.4. The normalized spacial score (nSPS) is 13.2. The highest BCUT2D eigenvalue weighted by Crippen LogP contribution is 2.35. The second kappa shape index (κ2) is 9.16. The Kier molecular flexibility index (Phi) is 5.92. The van der Waals surface area contributed by atoms with Crippen LogP contribution in [0.5, 0.6) is 11.6 Å². The molecular weight excluding hydrogens is 438 g/mol. The number of benzene rings is 2. The monoisotopic (exact) mass is 461 g/mol. The smallest absolute Gasteiger partial charge is 0.289 e. The van der Waals surface area contributed by atoms with Crippen LogP contribution in [0.3, 0.4) is 0 Å². The fourth-order valence-electron chi connectivity index (χ4n) is 3.76. The fourth-order valence-corrected chi connectivity index (χ4v) is 3.89. The second-order valence-corrected chi connectivity index (χ2v) is 8.72. The van der Waals surface area contributed by atoms with Crippen molar-refractivity contribution in [1.29, 1.82) is 0 Å². The largest absolute Gasteiger partial charge is 0.459 e. The minimum atomic E-state index is -0.129. The van der Waals surface area contributed by atoms with Gasteiger partial charge in [0.25, 0.3) is 5.91 Å². The summed E-state index contributed by atoms with van der Waals surface area (Å²) in [7, 11) is 0. The number of hydrogen-bond acceptors (Lipinski definition) is 4. The van der Waals surface area contributed by atoms with Crippen molar-refractivity contribution in [3.63, 3.8) is 0 Å². The molecule has 1 aliphatic carbocycles. The molecule has 6 nitrogen and oxygen atoms in total. The molecule has 0 N–H and O–H groups in total. The van der Waals surface area contributed by atoms with Crippen LogP contribution in [-0.4, -0.2) is 27.1 Å². The van der Waals surface area contributed by atoms with Gasteiger partial charge < -0.3 is 14.1 Å². The zero-order chi connectivity index (χ0) is 22.8. The van der Waals surface area contributed by atoms with Crippen LogP contribution in [0.25, 0.3) is 5.69 Å². The highest BCUT2D eigenvalue weighted by atomic mass is 35.5. The lowest BCUT2D eigenvalue weighted by molar-refractivity contribution is 0.0701. The first kappa shape index (κ1) is 21.3. The molecule has 2 aromatic carbocycles. The molecular formula is C26H24ClN3O3. The molecule has 168 valence electrons. The van der Waals surface area contributed by atoms with Crippen molar-refractivity contribution in [2.75, 3.05) is 6.54 Å². The third kappa shape index (κ3) is 4.81. The summed E-state index contributed by atoms with van der Waals surface area (Å²) < 4.78 is 13.5. The van der Waals surface area contributed by atoms with Gasteiger partial charge in [-0.25, -0.2) is 4.68 Å². The summed E-state index contributed by atoms with van der Waals surface area (Å²) in [6.45, 7) is 2.99. The number of para-hydroxylation sites is 1. The van der Waals surface area contributed by atoms with Gasteiger partial charge in [0.2, 0.25) is 5.88 Å². The number of carbonyl (C=O) groups is 1. The molecule has 7 heteroatoms. The summed E-state index contributed by atoms with van der Waals surface area (Å²) in [5, 5.41) is 5.40. The molecule has 0 spiro atoms. The predicted octanol–water partition coefficient (Wildman–Crippen LogP) is 6.27. The summed E-state index contributed by atoms with van der Waals surface area (Å²) in [6, 6.07) is 20.5. The number of rotatable bonds is 8. The van der Waals surface area contributed by atoms with Crippen molar-refractivity contribution in [1.82, 2.24) is 14.7 Å². The molecule has 33 heavy (non-hydrogen) atoms. The summed E-state index contributed by atoms with van der Waals surface area (Å²) in [4.78, 5) is 15.1. The highest BCUT2D eigenvalue weighted by Gasteiger charge is 2.30. The Morgan fingerprint density at radius 3 is 2.55 bits per heavy atom. The highest BCUT2D eigenvalue weighted by molar-refractivity contribution is 6.30. The van der Waals surface area contributed by atoms with E-state index < -0.39 is 0 Å². The quantitative estimate of drug-likeness (QED) is 0.310. The number of halogens is 1. The van der Waals surface area contributed by atoms with Gasteiger partial charge in [-0.2, -0.15) is 5.10 Å². The van der Waals surface area contributed by atoms with Crippen LogP contribution in [0.4, 0.5) is 0 Å². The molecule has 1 saturated carbocycles. The van der Waals surface area contributed by atoms with Crippen LogP contribution < -0.4 is 4.74 Å². The van der Waals surface area contributed by atoms with Gasteiger partial charge in [0.1, 0.15) is 5.75 Å². The van der Waals surface area contributed by atoms with Gasteiger partial charge in [0, 0.05) is 11.6 Å². The number of aryl methyl sites for hydroxylation is 1. The first-order chi connectivity index (χ1) is 16.1. The molecule has 2 aromatic heterocycles. The molecule has 2 heterocycles. The molecule has 0 saturated heterocycles. The summed E-state index contributed by atoms with van der Waals surface area (Å²) in [5.74, 6) is 1.95. The summed E-state index contributed by atoms with van der Waals surface area (Å²) in [6.07, 6.45) is 3.80. The number of furan rings is 1. The summed E-state index contributed by atoms with van der Waals surface area (Å²) >= 11 is 6.06. The van der Waals surface area contributed by atoms with Crippen LogP contribution in [0.1, 0.15) is 34.7 Å². The Balaban J connectivity index is 1.54. The summed E-state index contributed by atoms with van der Waals surface area (Å²) in [5.41, 5.74) is 2.53.